The van der Waals surface area contributed by atoms with Crippen LogP contribution in [0.1, 0.15) is 52.7 Å². The second-order valence-corrected chi connectivity index (χ2v) is 10.9. The Morgan fingerprint density at radius 2 is 1.93 bits per heavy atom. The molecule has 1 aliphatic heterocycles. The van der Waals surface area contributed by atoms with Crippen LogP contribution >= 0.6 is 0 Å². The van der Waals surface area contributed by atoms with Crippen molar-refractivity contribution in [1.29, 1.82) is 0 Å². The molecule has 2 aromatic carbocycles. The highest BCUT2D eigenvalue weighted by molar-refractivity contribution is 5.96. The summed E-state index contributed by atoms with van der Waals surface area (Å²) in [6, 6.07) is 9.94. The molecule has 1 fully saturated rings. The lowest BCUT2D eigenvalue weighted by molar-refractivity contribution is -0.304. The first kappa shape index (κ1) is 28.9. The number of hydrogen-bond acceptors (Lipinski definition) is 6. The maximum atomic E-state index is 15.2. The molecule has 4 N–H and O–H groups in total. The Kier molecular flexibility index (Phi) is 6.69. The van der Waals surface area contributed by atoms with Crippen LogP contribution in [0.25, 0.3) is 22.2 Å². The van der Waals surface area contributed by atoms with Crippen LogP contribution in [0.2, 0.25) is 0 Å². The summed E-state index contributed by atoms with van der Waals surface area (Å²) in [6.45, 7) is -3.12. The number of aliphatic hydroxyl groups is 1. The number of nitrogens with two attached hydrogens (primary N) is 1. The number of fused-ring (bicyclic) bond motifs is 3. The third-order valence-electron chi connectivity index (χ3n) is 8.19. The Morgan fingerprint density at radius 3 is 2.58 bits per heavy atom. The highest BCUT2D eigenvalue weighted by atomic mass is 19.4. The first-order chi connectivity index (χ1) is 20.2. The van der Waals surface area contributed by atoms with Crippen molar-refractivity contribution < 1.29 is 41.0 Å². The number of imidazole rings is 1. The molecule has 1 atom stereocenters. The summed E-state index contributed by atoms with van der Waals surface area (Å²) in [5.41, 5.74) is 3.23. The van der Waals surface area contributed by atoms with Crippen molar-refractivity contribution in [3.05, 3.63) is 77.1 Å². The monoisotopic (exact) mass is 605 g/mol. The minimum Gasteiger partial charge on any atom is -0.434 e. The van der Waals surface area contributed by atoms with E-state index >= 15 is 4.39 Å². The normalized spacial score (nSPS) is 23.3. The number of halogens is 6. The molecule has 2 aromatic heterocycles. The second kappa shape index (κ2) is 9.95. The Bertz CT molecular complexity index is 1750. The van der Waals surface area contributed by atoms with E-state index < -0.39 is 54.5 Å². The molecule has 0 radical (unpaired) electrons. The van der Waals surface area contributed by atoms with Crippen molar-refractivity contribution in [3.63, 3.8) is 0 Å². The van der Waals surface area contributed by atoms with Gasteiger partial charge in [0.1, 0.15) is 17.4 Å². The van der Waals surface area contributed by atoms with Crippen molar-refractivity contribution in [2.45, 2.75) is 55.7 Å². The predicted octanol–water partition coefficient (Wildman–Crippen LogP) is 4.98. The van der Waals surface area contributed by atoms with Crippen LogP contribution in [-0.4, -0.2) is 51.0 Å². The number of carbonyl (C=O) groups excluding carboxylic acids is 1. The quantitative estimate of drug-likeness (QED) is 0.267. The van der Waals surface area contributed by atoms with Crippen molar-refractivity contribution in [1.82, 2.24) is 19.9 Å². The molecule has 1 amide bonds. The molecule has 0 unspecified atom stereocenters. The van der Waals surface area contributed by atoms with Crippen molar-refractivity contribution in [2.75, 3.05) is 7.05 Å². The SMILES string of the molecule is CNC(=O)c1cccc(OC(F)F)c1[C@H]1CCc2nc3ccc(-c4cnc([C@]5(N)C[C@](O)(C(F)(F)F)C5)c(F)c4)cc3n21. The molecule has 0 spiro atoms. The number of pyridine rings is 1. The number of alkyl halides is 5. The molecule has 4 aromatic rings. The van der Waals surface area contributed by atoms with Crippen LogP contribution in [-0.2, 0) is 12.0 Å². The smallest absolute Gasteiger partial charge is 0.417 e. The predicted molar refractivity (Wildman–Crippen MR) is 142 cm³/mol. The molecule has 14 heteroatoms. The largest absolute Gasteiger partial charge is 0.434 e. The van der Waals surface area contributed by atoms with Gasteiger partial charge < -0.3 is 25.5 Å². The number of carbonyl (C=O) groups is 1. The Balaban J connectivity index is 1.39. The molecule has 0 saturated heterocycles. The summed E-state index contributed by atoms with van der Waals surface area (Å²) in [5, 5.41) is 12.3. The van der Waals surface area contributed by atoms with Crippen molar-refractivity contribution in [2.24, 2.45) is 5.73 Å². The van der Waals surface area contributed by atoms with E-state index in [1.807, 2.05) is 4.57 Å². The van der Waals surface area contributed by atoms with Gasteiger partial charge in [-0.3, -0.25) is 9.78 Å². The minimum absolute atomic E-state index is 0.141. The van der Waals surface area contributed by atoms with Crippen molar-refractivity contribution in [3.8, 4) is 16.9 Å². The summed E-state index contributed by atoms with van der Waals surface area (Å²) in [7, 11) is 1.43. The standard InChI is InChI=1S/C29H25F6N5O3/c1-37-25(41)16-3-2-4-21(43-26(31)32)23(16)19-7-8-22-39-18-6-5-14(10-20(18)40(19)22)15-9-17(30)24(38-11-15)27(36)12-28(42,13-27)29(33,34)35/h2-6,9-11,19,26,42H,7-8,12-13,36H2,1H3,(H,37,41)/t19-,27-,28+/m1/s1. The number of amides is 1. The summed E-state index contributed by atoms with van der Waals surface area (Å²) >= 11 is 0. The number of benzene rings is 2. The fourth-order valence-corrected chi connectivity index (χ4v) is 6.26. The topological polar surface area (TPSA) is 115 Å². The highest BCUT2D eigenvalue weighted by Gasteiger charge is 2.67. The van der Waals surface area contributed by atoms with E-state index in [2.05, 4.69) is 15.3 Å². The van der Waals surface area contributed by atoms with Crippen molar-refractivity contribution >= 4 is 16.9 Å². The number of rotatable bonds is 6. The van der Waals surface area contributed by atoms with Gasteiger partial charge in [-0.1, -0.05) is 12.1 Å². The van der Waals surface area contributed by atoms with E-state index in [0.717, 1.165) is 6.07 Å². The number of aromatic nitrogens is 3. The molecule has 6 rings (SSSR count). The van der Waals surface area contributed by atoms with Gasteiger partial charge in [-0.15, -0.1) is 0 Å². The van der Waals surface area contributed by atoms with Gasteiger partial charge in [0.15, 0.2) is 5.60 Å². The molecule has 3 heterocycles. The molecule has 1 aliphatic carbocycles. The van der Waals surface area contributed by atoms with Gasteiger partial charge in [-0.2, -0.15) is 22.0 Å². The van der Waals surface area contributed by atoms with Gasteiger partial charge in [0.05, 0.1) is 28.3 Å². The average Bonchev–Trinajstić information content (AvgIpc) is 3.49. The molecule has 8 nitrogen and oxygen atoms in total. The first-order valence-corrected chi connectivity index (χ1v) is 13.3. The van der Waals surface area contributed by atoms with Crippen LogP contribution in [0, 0.1) is 5.82 Å². The third kappa shape index (κ3) is 4.68. The van der Waals surface area contributed by atoms with E-state index in [1.165, 1.54) is 31.4 Å². The number of hydrogen-bond donors (Lipinski definition) is 3. The van der Waals surface area contributed by atoms with E-state index in [9.17, 15) is 31.9 Å². The van der Waals surface area contributed by atoms with Gasteiger partial charge in [0.2, 0.25) is 0 Å². The molecule has 226 valence electrons. The maximum Gasteiger partial charge on any atom is 0.417 e. The minimum atomic E-state index is -4.90. The number of aryl methyl sites for hydroxylation is 1. The molecule has 1 saturated carbocycles. The van der Waals surface area contributed by atoms with Gasteiger partial charge in [-0.05, 0) is 42.3 Å². The molecular formula is C29H25F6N5O3. The van der Waals surface area contributed by atoms with Gasteiger partial charge in [-0.25, -0.2) is 9.37 Å². The lowest BCUT2D eigenvalue weighted by Gasteiger charge is -2.51. The van der Waals surface area contributed by atoms with Crippen LogP contribution in [0.3, 0.4) is 0 Å². The van der Waals surface area contributed by atoms with E-state index in [1.54, 1.807) is 18.2 Å². The zero-order valence-electron chi connectivity index (χ0n) is 22.6. The van der Waals surface area contributed by atoms with Crippen LogP contribution in [0.15, 0.2) is 48.7 Å². The molecule has 43 heavy (non-hydrogen) atoms. The number of ether oxygens (including phenoxy) is 1. The zero-order chi connectivity index (χ0) is 30.9. The number of nitrogens with one attached hydrogen (secondary N) is 1. The summed E-state index contributed by atoms with van der Waals surface area (Å²) in [4.78, 5) is 21.4. The molecule has 0 bridgehead atoms. The van der Waals surface area contributed by atoms with E-state index in [4.69, 9.17) is 10.5 Å². The second-order valence-electron chi connectivity index (χ2n) is 10.9. The van der Waals surface area contributed by atoms with Crippen LogP contribution in [0.4, 0.5) is 26.3 Å². The fourth-order valence-electron chi connectivity index (χ4n) is 6.26. The summed E-state index contributed by atoms with van der Waals surface area (Å²) in [5.74, 6) is -0.890. The highest BCUT2D eigenvalue weighted by Crippen LogP contribution is 2.54. The fraction of sp³-hybridized carbons (Fsp3) is 0.345. The zero-order valence-corrected chi connectivity index (χ0v) is 22.6. The van der Waals surface area contributed by atoms with Crippen LogP contribution < -0.4 is 15.8 Å². The van der Waals surface area contributed by atoms with Crippen LogP contribution in [0.5, 0.6) is 5.75 Å². The molecular weight excluding hydrogens is 580 g/mol. The summed E-state index contributed by atoms with van der Waals surface area (Å²) in [6.07, 6.45) is -4.53. The lowest BCUT2D eigenvalue weighted by atomic mass is 9.63. The molecule has 2 aliphatic rings. The van der Waals surface area contributed by atoms with Gasteiger partial charge in [0, 0.05) is 49.2 Å². The number of nitrogens with zero attached hydrogens (tertiary/aromatic N) is 3. The average molecular weight is 606 g/mol. The third-order valence-corrected chi connectivity index (χ3v) is 8.19. The first-order valence-electron chi connectivity index (χ1n) is 13.3. The Morgan fingerprint density at radius 1 is 1.19 bits per heavy atom. The summed E-state index contributed by atoms with van der Waals surface area (Å²) < 4.78 is 87.9. The van der Waals surface area contributed by atoms with Gasteiger partial charge >= 0.3 is 12.8 Å². The lowest BCUT2D eigenvalue weighted by Crippen LogP contribution is -2.66. The van der Waals surface area contributed by atoms with E-state index in [-0.39, 0.29) is 22.6 Å². The van der Waals surface area contributed by atoms with E-state index in [0.29, 0.717) is 40.8 Å². The van der Waals surface area contributed by atoms with Gasteiger partial charge in [0.25, 0.3) is 5.91 Å². The Labute approximate surface area is 240 Å². The maximum absolute atomic E-state index is 15.2. The Hall–Kier alpha value is -4.17.